The van der Waals surface area contributed by atoms with Crippen LogP contribution in [-0.2, 0) is 6.18 Å². The molecule has 0 aliphatic carbocycles. The minimum Gasteiger partial charge on any atom is -0.497 e. The Morgan fingerprint density at radius 1 is 1.16 bits per heavy atom. The van der Waals surface area contributed by atoms with Crippen molar-refractivity contribution in [2.24, 2.45) is 0 Å². The van der Waals surface area contributed by atoms with Crippen molar-refractivity contribution in [2.45, 2.75) is 6.18 Å². The molecule has 0 N–H and O–H groups in total. The molecular formula is C13H9F3O3. The number of hydrogen-bond acceptors (Lipinski definition) is 3. The number of methoxy groups -OCH3 is 1. The fraction of sp³-hybridized carbons (Fsp3) is 0.154. The SMILES string of the molecule is COc1ccc(-c2coc(C(F)(F)F)cc2=O)cc1. The molecule has 19 heavy (non-hydrogen) atoms. The molecule has 0 atom stereocenters. The summed E-state index contributed by atoms with van der Waals surface area (Å²) in [5, 5.41) is 0. The van der Waals surface area contributed by atoms with Crippen LogP contribution >= 0.6 is 0 Å². The Kier molecular flexibility index (Phi) is 3.33. The summed E-state index contributed by atoms with van der Waals surface area (Å²) < 4.78 is 46.5. The van der Waals surface area contributed by atoms with Crippen LogP contribution < -0.4 is 10.2 Å². The molecule has 0 unspecified atom stereocenters. The van der Waals surface area contributed by atoms with Crippen molar-refractivity contribution in [3.05, 3.63) is 52.6 Å². The van der Waals surface area contributed by atoms with Gasteiger partial charge in [-0.05, 0) is 17.7 Å². The Balaban J connectivity index is 2.43. The number of benzene rings is 1. The van der Waals surface area contributed by atoms with E-state index in [-0.39, 0.29) is 5.56 Å². The smallest absolute Gasteiger partial charge is 0.449 e. The summed E-state index contributed by atoms with van der Waals surface area (Å²) in [6.45, 7) is 0. The van der Waals surface area contributed by atoms with E-state index in [9.17, 15) is 18.0 Å². The molecule has 2 rings (SSSR count). The lowest BCUT2D eigenvalue weighted by atomic mass is 10.1. The van der Waals surface area contributed by atoms with E-state index in [0.717, 1.165) is 6.26 Å². The monoisotopic (exact) mass is 270 g/mol. The fourth-order valence-corrected chi connectivity index (χ4v) is 1.54. The normalized spacial score (nSPS) is 11.4. The Labute approximate surface area is 106 Å². The highest BCUT2D eigenvalue weighted by molar-refractivity contribution is 5.62. The number of rotatable bonds is 2. The van der Waals surface area contributed by atoms with Gasteiger partial charge < -0.3 is 9.15 Å². The summed E-state index contributed by atoms with van der Waals surface area (Å²) in [5.74, 6) is -0.727. The van der Waals surface area contributed by atoms with Crippen LogP contribution in [-0.4, -0.2) is 7.11 Å². The molecule has 1 aromatic carbocycles. The molecule has 0 saturated heterocycles. The van der Waals surface area contributed by atoms with Gasteiger partial charge in [-0.3, -0.25) is 4.79 Å². The van der Waals surface area contributed by atoms with E-state index >= 15 is 0 Å². The molecule has 6 heteroatoms. The maximum Gasteiger partial charge on any atom is 0.449 e. The molecule has 0 aliphatic rings. The van der Waals surface area contributed by atoms with Crippen LogP contribution in [0.2, 0.25) is 0 Å². The molecule has 3 nitrogen and oxygen atoms in total. The summed E-state index contributed by atoms with van der Waals surface area (Å²) in [6.07, 6.45) is -3.86. The third-order valence-electron chi connectivity index (χ3n) is 2.51. The zero-order valence-corrected chi connectivity index (χ0v) is 9.82. The van der Waals surface area contributed by atoms with Gasteiger partial charge in [0.15, 0.2) is 5.43 Å². The molecule has 0 radical (unpaired) electrons. The molecule has 0 bridgehead atoms. The van der Waals surface area contributed by atoms with Crippen LogP contribution in [0.5, 0.6) is 5.75 Å². The first-order valence-corrected chi connectivity index (χ1v) is 5.26. The van der Waals surface area contributed by atoms with Gasteiger partial charge in [-0.25, -0.2) is 0 Å². The first kappa shape index (κ1) is 13.2. The Hall–Kier alpha value is -2.24. The van der Waals surface area contributed by atoms with Crippen molar-refractivity contribution in [3.8, 4) is 16.9 Å². The first-order valence-electron chi connectivity index (χ1n) is 5.26. The molecule has 2 aromatic rings. The van der Waals surface area contributed by atoms with E-state index in [4.69, 9.17) is 4.74 Å². The van der Waals surface area contributed by atoms with Gasteiger partial charge in [-0.15, -0.1) is 0 Å². The highest BCUT2D eigenvalue weighted by atomic mass is 19.4. The quantitative estimate of drug-likeness (QED) is 0.840. The van der Waals surface area contributed by atoms with Gasteiger partial charge in [0.05, 0.1) is 12.7 Å². The van der Waals surface area contributed by atoms with Gasteiger partial charge in [-0.1, -0.05) is 12.1 Å². The Morgan fingerprint density at radius 2 is 1.79 bits per heavy atom. The second kappa shape index (κ2) is 4.79. The fourth-order valence-electron chi connectivity index (χ4n) is 1.54. The minimum atomic E-state index is -4.67. The van der Waals surface area contributed by atoms with E-state index in [2.05, 4.69) is 4.42 Å². The highest BCUT2D eigenvalue weighted by Gasteiger charge is 2.34. The average molecular weight is 270 g/mol. The van der Waals surface area contributed by atoms with Gasteiger partial charge in [0.2, 0.25) is 5.76 Å². The lowest BCUT2D eigenvalue weighted by Gasteiger charge is -2.06. The molecule has 0 saturated carbocycles. The molecule has 1 heterocycles. The van der Waals surface area contributed by atoms with Gasteiger partial charge in [0.1, 0.15) is 12.0 Å². The van der Waals surface area contributed by atoms with Gasteiger partial charge in [0, 0.05) is 6.07 Å². The predicted molar refractivity (Wildman–Crippen MR) is 62.0 cm³/mol. The van der Waals surface area contributed by atoms with Crippen molar-refractivity contribution in [1.29, 1.82) is 0 Å². The van der Waals surface area contributed by atoms with Crippen molar-refractivity contribution in [2.75, 3.05) is 7.11 Å². The molecule has 0 aliphatic heterocycles. The Bertz CT molecular complexity index is 627. The van der Waals surface area contributed by atoms with Gasteiger partial charge in [-0.2, -0.15) is 13.2 Å². The zero-order valence-electron chi connectivity index (χ0n) is 9.82. The van der Waals surface area contributed by atoms with Crippen molar-refractivity contribution in [3.63, 3.8) is 0 Å². The molecular weight excluding hydrogens is 261 g/mol. The molecule has 1 aromatic heterocycles. The topological polar surface area (TPSA) is 39.4 Å². The van der Waals surface area contributed by atoms with Crippen LogP contribution in [0.25, 0.3) is 11.1 Å². The van der Waals surface area contributed by atoms with E-state index < -0.39 is 17.4 Å². The van der Waals surface area contributed by atoms with Crippen molar-refractivity contribution >= 4 is 0 Å². The highest BCUT2D eigenvalue weighted by Crippen LogP contribution is 2.29. The first-order chi connectivity index (χ1) is 8.91. The lowest BCUT2D eigenvalue weighted by Crippen LogP contribution is -2.11. The summed E-state index contributed by atoms with van der Waals surface area (Å²) in [4.78, 5) is 11.7. The molecule has 0 amide bonds. The molecule has 0 fully saturated rings. The number of halogens is 3. The van der Waals surface area contributed by atoms with Crippen LogP contribution in [0.1, 0.15) is 5.76 Å². The lowest BCUT2D eigenvalue weighted by molar-refractivity contribution is -0.153. The molecule has 100 valence electrons. The zero-order chi connectivity index (χ0) is 14.0. The second-order valence-electron chi connectivity index (χ2n) is 3.75. The summed E-state index contributed by atoms with van der Waals surface area (Å²) in [5.41, 5.74) is -0.220. The van der Waals surface area contributed by atoms with Crippen molar-refractivity contribution in [1.82, 2.24) is 0 Å². The maximum atomic E-state index is 12.4. The van der Waals surface area contributed by atoms with Crippen molar-refractivity contribution < 1.29 is 22.3 Å². The van der Waals surface area contributed by atoms with Gasteiger partial charge in [0.25, 0.3) is 0 Å². The maximum absolute atomic E-state index is 12.4. The number of ether oxygens (including phenoxy) is 1. The summed E-state index contributed by atoms with van der Waals surface area (Å²) in [6, 6.07) is 6.79. The van der Waals surface area contributed by atoms with Crippen LogP contribution in [0, 0.1) is 0 Å². The largest absolute Gasteiger partial charge is 0.497 e. The average Bonchev–Trinajstić information content (AvgIpc) is 2.38. The summed E-state index contributed by atoms with van der Waals surface area (Å²) >= 11 is 0. The number of alkyl halides is 3. The van der Waals surface area contributed by atoms with Gasteiger partial charge >= 0.3 is 6.18 Å². The third-order valence-corrected chi connectivity index (χ3v) is 2.51. The third kappa shape index (κ3) is 2.78. The Morgan fingerprint density at radius 3 is 2.26 bits per heavy atom. The van der Waals surface area contributed by atoms with Crippen LogP contribution in [0.3, 0.4) is 0 Å². The van der Waals surface area contributed by atoms with Crippen LogP contribution in [0.4, 0.5) is 13.2 Å². The van der Waals surface area contributed by atoms with E-state index in [1.54, 1.807) is 24.3 Å². The second-order valence-corrected chi connectivity index (χ2v) is 3.75. The molecule has 0 spiro atoms. The van der Waals surface area contributed by atoms with Crippen LogP contribution in [0.15, 0.2) is 45.8 Å². The minimum absolute atomic E-state index is 0.0654. The predicted octanol–water partition coefficient (Wildman–Crippen LogP) is 3.33. The van der Waals surface area contributed by atoms with E-state index in [0.29, 0.717) is 17.4 Å². The van der Waals surface area contributed by atoms with E-state index in [1.807, 2.05) is 0 Å². The standard InChI is InChI=1S/C13H9F3O3/c1-18-9-4-2-8(3-5-9)10-7-19-12(6-11(10)17)13(14,15)16/h2-7H,1H3. The van der Waals surface area contributed by atoms with E-state index in [1.165, 1.54) is 7.11 Å². The summed E-state index contributed by atoms with van der Waals surface area (Å²) in [7, 11) is 1.49. The number of hydrogen-bond donors (Lipinski definition) is 0.